The van der Waals surface area contributed by atoms with Crippen LogP contribution in [-0.2, 0) is 0 Å². The first-order valence-corrected chi connectivity index (χ1v) is 2.60. The van der Waals surface area contributed by atoms with Crippen LogP contribution in [-0.4, -0.2) is 5.88 Å². The lowest BCUT2D eigenvalue weighted by Gasteiger charge is -1.81. The molecule has 0 nitrogen and oxygen atoms in total. The molecule has 0 saturated heterocycles. The van der Waals surface area contributed by atoms with E-state index in [-0.39, 0.29) is 0 Å². The van der Waals surface area contributed by atoms with E-state index in [1.165, 1.54) is 5.54 Å². The van der Waals surface area contributed by atoms with Gasteiger partial charge >= 0.3 is 0 Å². The van der Waals surface area contributed by atoms with E-state index in [2.05, 4.69) is 0 Å². The van der Waals surface area contributed by atoms with Gasteiger partial charge in [-0.15, -0.1) is 11.6 Å². The first-order valence-electron chi connectivity index (χ1n) is 1.63. The van der Waals surface area contributed by atoms with E-state index in [4.69, 9.17) is 23.2 Å². The Kier molecular flexibility index (Phi) is 3.70. The molecular formula is C4H6Cl2. The van der Waals surface area contributed by atoms with Crippen molar-refractivity contribution in [3.8, 4) is 0 Å². The van der Waals surface area contributed by atoms with Gasteiger partial charge in [-0.2, -0.15) is 0 Å². The SMILES string of the molecule is CC(=CCl)CCl. The number of hydrogen-bond acceptors (Lipinski definition) is 0. The lowest BCUT2D eigenvalue weighted by molar-refractivity contribution is 1.42. The Balaban J connectivity index is 3.22. The average molecular weight is 125 g/mol. The molecule has 0 fully saturated rings. The molecule has 0 aliphatic heterocycles. The van der Waals surface area contributed by atoms with Crippen LogP contribution < -0.4 is 0 Å². The van der Waals surface area contributed by atoms with Crippen molar-refractivity contribution in [1.29, 1.82) is 0 Å². The molecule has 0 heterocycles. The molecule has 0 bridgehead atoms. The van der Waals surface area contributed by atoms with Gasteiger partial charge in [-0.1, -0.05) is 11.6 Å². The minimum Gasteiger partial charge on any atom is -0.122 e. The smallest absolute Gasteiger partial charge is 0.0442 e. The summed E-state index contributed by atoms with van der Waals surface area (Å²) in [5.41, 5.74) is 2.48. The molecule has 0 aliphatic carbocycles. The maximum absolute atomic E-state index is 5.30. The molecular weight excluding hydrogens is 119 g/mol. The summed E-state index contributed by atoms with van der Waals surface area (Å²) in [4.78, 5) is 0. The van der Waals surface area contributed by atoms with Gasteiger partial charge in [0.05, 0.1) is 0 Å². The summed E-state index contributed by atoms with van der Waals surface area (Å²) in [5, 5.41) is 0. The third kappa shape index (κ3) is 2.55. The first kappa shape index (κ1) is 6.32. The van der Waals surface area contributed by atoms with Gasteiger partial charge in [-0.3, -0.25) is 0 Å². The minimum atomic E-state index is 0.531. The highest BCUT2D eigenvalue weighted by molar-refractivity contribution is 6.27. The molecule has 0 aromatic carbocycles. The van der Waals surface area contributed by atoms with Crippen molar-refractivity contribution in [3.63, 3.8) is 0 Å². The van der Waals surface area contributed by atoms with E-state index in [1.54, 1.807) is 0 Å². The molecule has 0 rings (SSSR count). The standard InChI is InChI=1S/C4H6Cl2/c1-4(2-5)3-6/h2H,3H2,1H3. The van der Waals surface area contributed by atoms with E-state index < -0.39 is 0 Å². The van der Waals surface area contributed by atoms with Gasteiger partial charge < -0.3 is 0 Å². The van der Waals surface area contributed by atoms with Crippen LogP contribution >= 0.6 is 23.2 Å². The number of rotatable bonds is 1. The maximum Gasteiger partial charge on any atom is 0.0442 e. The lowest BCUT2D eigenvalue weighted by Crippen LogP contribution is -1.68. The highest BCUT2D eigenvalue weighted by Gasteiger charge is 1.76. The fourth-order valence-electron chi connectivity index (χ4n) is 0.0292. The van der Waals surface area contributed by atoms with Crippen molar-refractivity contribution in [2.75, 3.05) is 5.88 Å². The quantitative estimate of drug-likeness (QED) is 0.472. The molecule has 0 aliphatic rings. The Morgan fingerprint density at radius 3 is 2.33 bits per heavy atom. The number of halogens is 2. The zero-order valence-corrected chi connectivity index (χ0v) is 5.05. The Labute approximate surface area is 47.8 Å². The largest absolute Gasteiger partial charge is 0.122 e. The predicted octanol–water partition coefficient (Wildman–Crippen LogP) is 2.37. The molecule has 36 valence electrons. The molecule has 0 spiro atoms. The van der Waals surface area contributed by atoms with Crippen LogP contribution in [0.15, 0.2) is 11.1 Å². The topological polar surface area (TPSA) is 0 Å². The molecule has 0 amide bonds. The van der Waals surface area contributed by atoms with Crippen LogP contribution in [0.5, 0.6) is 0 Å². The van der Waals surface area contributed by atoms with E-state index in [0.717, 1.165) is 5.57 Å². The highest BCUT2D eigenvalue weighted by atomic mass is 35.5. The average Bonchev–Trinajstić information content (AvgIpc) is 1.65. The second-order valence-corrected chi connectivity index (χ2v) is 1.57. The summed E-state index contributed by atoms with van der Waals surface area (Å²) in [6, 6.07) is 0. The maximum atomic E-state index is 5.30. The Morgan fingerprint density at radius 2 is 2.33 bits per heavy atom. The van der Waals surface area contributed by atoms with E-state index in [9.17, 15) is 0 Å². The van der Waals surface area contributed by atoms with Crippen LogP contribution in [0, 0.1) is 0 Å². The van der Waals surface area contributed by atoms with Crippen LogP contribution in [0.4, 0.5) is 0 Å². The van der Waals surface area contributed by atoms with Gasteiger partial charge in [0.25, 0.3) is 0 Å². The van der Waals surface area contributed by atoms with Gasteiger partial charge in [-0.05, 0) is 12.5 Å². The van der Waals surface area contributed by atoms with Crippen molar-refractivity contribution in [3.05, 3.63) is 11.1 Å². The molecule has 0 N–H and O–H groups in total. The second kappa shape index (κ2) is 3.51. The van der Waals surface area contributed by atoms with Crippen molar-refractivity contribution in [2.24, 2.45) is 0 Å². The van der Waals surface area contributed by atoms with Crippen LogP contribution in [0.1, 0.15) is 6.92 Å². The van der Waals surface area contributed by atoms with Crippen molar-refractivity contribution >= 4 is 23.2 Å². The van der Waals surface area contributed by atoms with Gasteiger partial charge in [0, 0.05) is 11.4 Å². The molecule has 0 aromatic heterocycles. The van der Waals surface area contributed by atoms with E-state index in [0.29, 0.717) is 5.88 Å². The highest BCUT2D eigenvalue weighted by Crippen LogP contribution is 1.95. The molecule has 0 saturated carbocycles. The first-order chi connectivity index (χ1) is 2.81. The van der Waals surface area contributed by atoms with Crippen molar-refractivity contribution < 1.29 is 0 Å². The van der Waals surface area contributed by atoms with Crippen molar-refractivity contribution in [1.82, 2.24) is 0 Å². The molecule has 0 aromatic rings. The predicted molar refractivity (Wildman–Crippen MR) is 30.3 cm³/mol. The minimum absolute atomic E-state index is 0.531. The zero-order valence-electron chi connectivity index (χ0n) is 3.54. The summed E-state index contributed by atoms with van der Waals surface area (Å²) >= 11 is 10.5. The summed E-state index contributed by atoms with van der Waals surface area (Å²) < 4.78 is 0. The lowest BCUT2D eigenvalue weighted by atomic mass is 10.4. The zero-order chi connectivity index (χ0) is 4.99. The van der Waals surface area contributed by atoms with Gasteiger partial charge in [-0.25, -0.2) is 0 Å². The second-order valence-electron chi connectivity index (χ2n) is 1.09. The summed E-state index contributed by atoms with van der Waals surface area (Å²) in [5.74, 6) is 0.531. The Hall–Kier alpha value is 0.320. The van der Waals surface area contributed by atoms with Gasteiger partial charge in [0.2, 0.25) is 0 Å². The Bertz CT molecular complexity index is 56.6. The van der Waals surface area contributed by atoms with Crippen LogP contribution in [0.2, 0.25) is 0 Å². The third-order valence-electron chi connectivity index (χ3n) is 0.397. The summed E-state index contributed by atoms with van der Waals surface area (Å²) in [6.45, 7) is 1.88. The van der Waals surface area contributed by atoms with Gasteiger partial charge in [0.15, 0.2) is 0 Å². The Morgan fingerprint density at radius 1 is 1.83 bits per heavy atom. The van der Waals surface area contributed by atoms with Crippen molar-refractivity contribution in [2.45, 2.75) is 6.92 Å². The van der Waals surface area contributed by atoms with Gasteiger partial charge in [0.1, 0.15) is 0 Å². The van der Waals surface area contributed by atoms with Crippen LogP contribution in [0.3, 0.4) is 0 Å². The number of alkyl halides is 1. The monoisotopic (exact) mass is 124 g/mol. The number of allylic oxidation sites excluding steroid dienone is 1. The summed E-state index contributed by atoms with van der Waals surface area (Å²) in [7, 11) is 0. The molecule has 0 atom stereocenters. The number of hydrogen-bond donors (Lipinski definition) is 0. The fraction of sp³-hybridized carbons (Fsp3) is 0.500. The van der Waals surface area contributed by atoms with E-state index >= 15 is 0 Å². The molecule has 6 heavy (non-hydrogen) atoms. The summed E-state index contributed by atoms with van der Waals surface area (Å²) in [6.07, 6.45) is 0. The van der Waals surface area contributed by atoms with Crippen LogP contribution in [0.25, 0.3) is 0 Å². The fourth-order valence-corrected chi connectivity index (χ4v) is 0.262. The van der Waals surface area contributed by atoms with E-state index in [1.807, 2.05) is 6.92 Å². The molecule has 0 unspecified atom stereocenters. The molecule has 0 radical (unpaired) electrons. The normalized spacial score (nSPS) is 12.2. The third-order valence-corrected chi connectivity index (χ3v) is 1.19. The molecule has 2 heteroatoms.